The molecule has 0 amide bonds. The zero-order valence-corrected chi connectivity index (χ0v) is 12.7. The first kappa shape index (κ1) is 14.3. The average molecular weight is 288 g/mol. The molecular formula is C20H20N2. The van der Waals surface area contributed by atoms with E-state index in [0.29, 0.717) is 0 Å². The monoisotopic (exact) mass is 288 g/mol. The number of nitrogens with one attached hydrogen (secondary N) is 1. The Kier molecular flexibility index (Phi) is 4.19. The van der Waals surface area contributed by atoms with Crippen molar-refractivity contribution in [3.63, 3.8) is 0 Å². The highest BCUT2D eigenvalue weighted by Gasteiger charge is 2.19. The van der Waals surface area contributed by atoms with E-state index in [0.717, 1.165) is 6.42 Å². The molecule has 2 heteroatoms. The molecule has 1 heterocycles. The Labute approximate surface area is 131 Å². The molecule has 0 aromatic heterocycles. The van der Waals surface area contributed by atoms with Crippen LogP contribution in [0.5, 0.6) is 0 Å². The molecule has 3 rings (SSSR count). The third-order valence-corrected chi connectivity index (χ3v) is 3.97. The summed E-state index contributed by atoms with van der Waals surface area (Å²) in [4.78, 5) is 2.18. The Bertz CT molecular complexity index is 714. The molecule has 1 N–H and O–H groups in total. The van der Waals surface area contributed by atoms with E-state index >= 15 is 0 Å². The summed E-state index contributed by atoms with van der Waals surface area (Å²) in [5.74, 6) is 0. The van der Waals surface area contributed by atoms with Crippen molar-refractivity contribution in [2.45, 2.75) is 19.4 Å². The molecule has 2 aromatic rings. The summed E-state index contributed by atoms with van der Waals surface area (Å²) in [5, 5.41) is 7.69. The van der Waals surface area contributed by atoms with E-state index in [1.54, 1.807) is 0 Å². The van der Waals surface area contributed by atoms with Crippen LogP contribution in [0.2, 0.25) is 0 Å². The fourth-order valence-electron chi connectivity index (χ4n) is 2.92. The summed E-state index contributed by atoms with van der Waals surface area (Å²) in [6, 6.07) is 16.9. The number of allylic oxidation sites excluding steroid dienone is 2. The van der Waals surface area contributed by atoms with E-state index in [1.165, 1.54) is 28.6 Å². The maximum absolute atomic E-state index is 7.69. The van der Waals surface area contributed by atoms with Crippen LogP contribution in [0.15, 0.2) is 73.0 Å². The van der Waals surface area contributed by atoms with Gasteiger partial charge in [-0.2, -0.15) is 0 Å². The lowest BCUT2D eigenvalue weighted by Crippen LogP contribution is -2.32. The molecule has 0 aliphatic carbocycles. The lowest BCUT2D eigenvalue weighted by atomic mass is 9.98. The maximum Gasteiger partial charge on any atom is 0.0867 e. The van der Waals surface area contributed by atoms with E-state index < -0.39 is 0 Å². The molecule has 0 radical (unpaired) electrons. The average Bonchev–Trinajstić information content (AvgIpc) is 2.56. The van der Waals surface area contributed by atoms with Crippen molar-refractivity contribution in [2.24, 2.45) is 0 Å². The molecule has 0 spiro atoms. The van der Waals surface area contributed by atoms with Gasteiger partial charge < -0.3 is 10.3 Å². The van der Waals surface area contributed by atoms with Gasteiger partial charge in [-0.05, 0) is 36.1 Å². The molecule has 22 heavy (non-hydrogen) atoms. The van der Waals surface area contributed by atoms with Gasteiger partial charge in [0, 0.05) is 18.1 Å². The summed E-state index contributed by atoms with van der Waals surface area (Å²) >= 11 is 0. The fraction of sp³-hybridized carbons (Fsp3) is 0.150. The number of nitrogens with zero attached hydrogens (tertiary/aromatic N) is 1. The number of rotatable bonds is 4. The van der Waals surface area contributed by atoms with Gasteiger partial charge in [0.15, 0.2) is 0 Å². The highest BCUT2D eigenvalue weighted by Crippen LogP contribution is 2.30. The van der Waals surface area contributed by atoms with Crippen molar-refractivity contribution in [3.05, 3.63) is 89.6 Å². The van der Waals surface area contributed by atoms with Crippen LogP contribution in [-0.2, 0) is 6.42 Å². The molecule has 0 fully saturated rings. The first-order valence-electron chi connectivity index (χ1n) is 7.56. The standard InChI is InChI=1S/C20H20N2/c1-16-8-7-11-18(14-17-9-3-2-4-10-17)20(16)22-13-6-5-12-19(22)15-21/h2-13,15,19,21H,14H2,1H3. The van der Waals surface area contributed by atoms with Crippen molar-refractivity contribution in [1.82, 2.24) is 0 Å². The van der Waals surface area contributed by atoms with E-state index in [4.69, 9.17) is 5.41 Å². The van der Waals surface area contributed by atoms with Gasteiger partial charge in [0.2, 0.25) is 0 Å². The number of benzene rings is 2. The Morgan fingerprint density at radius 1 is 1.05 bits per heavy atom. The molecule has 1 unspecified atom stereocenters. The van der Waals surface area contributed by atoms with Crippen LogP contribution >= 0.6 is 0 Å². The largest absolute Gasteiger partial charge is 0.336 e. The summed E-state index contributed by atoms with van der Waals surface area (Å²) in [6.07, 6.45) is 10.5. The van der Waals surface area contributed by atoms with Gasteiger partial charge in [-0.15, -0.1) is 0 Å². The molecule has 1 aliphatic rings. The van der Waals surface area contributed by atoms with Crippen LogP contribution in [0, 0.1) is 12.3 Å². The predicted molar refractivity (Wildman–Crippen MR) is 93.8 cm³/mol. The van der Waals surface area contributed by atoms with Crippen LogP contribution in [-0.4, -0.2) is 12.3 Å². The van der Waals surface area contributed by atoms with E-state index in [9.17, 15) is 0 Å². The summed E-state index contributed by atoms with van der Waals surface area (Å²) in [6.45, 7) is 2.14. The van der Waals surface area contributed by atoms with Gasteiger partial charge in [0.05, 0.1) is 6.04 Å². The van der Waals surface area contributed by atoms with Crippen LogP contribution < -0.4 is 4.90 Å². The fourth-order valence-corrected chi connectivity index (χ4v) is 2.92. The Morgan fingerprint density at radius 2 is 1.86 bits per heavy atom. The molecule has 0 bridgehead atoms. The number of para-hydroxylation sites is 1. The van der Waals surface area contributed by atoms with E-state index in [1.807, 2.05) is 24.3 Å². The number of aryl methyl sites for hydroxylation is 1. The van der Waals surface area contributed by atoms with Crippen LogP contribution in [0.3, 0.4) is 0 Å². The summed E-state index contributed by atoms with van der Waals surface area (Å²) in [7, 11) is 0. The van der Waals surface area contributed by atoms with E-state index in [-0.39, 0.29) is 6.04 Å². The van der Waals surface area contributed by atoms with Crippen molar-refractivity contribution in [1.29, 1.82) is 5.41 Å². The lowest BCUT2D eigenvalue weighted by molar-refractivity contribution is 0.950. The van der Waals surface area contributed by atoms with Gasteiger partial charge in [0.1, 0.15) is 0 Å². The minimum Gasteiger partial charge on any atom is -0.336 e. The minimum absolute atomic E-state index is 0.0133. The van der Waals surface area contributed by atoms with Crippen LogP contribution in [0.4, 0.5) is 5.69 Å². The summed E-state index contributed by atoms with van der Waals surface area (Å²) < 4.78 is 0. The molecular weight excluding hydrogens is 268 g/mol. The Morgan fingerprint density at radius 3 is 2.64 bits per heavy atom. The van der Waals surface area contributed by atoms with Gasteiger partial charge >= 0.3 is 0 Å². The number of anilines is 1. The van der Waals surface area contributed by atoms with Gasteiger partial charge in [-0.1, -0.05) is 60.7 Å². The quantitative estimate of drug-likeness (QED) is 0.824. The lowest BCUT2D eigenvalue weighted by Gasteiger charge is -2.31. The SMILES string of the molecule is Cc1cccc(Cc2ccccc2)c1N1C=CC=CC1C=N. The molecule has 110 valence electrons. The minimum atomic E-state index is -0.0133. The zero-order valence-electron chi connectivity index (χ0n) is 12.7. The van der Waals surface area contributed by atoms with E-state index in [2.05, 4.69) is 60.5 Å². The Hall–Kier alpha value is -2.61. The van der Waals surface area contributed by atoms with Gasteiger partial charge in [-0.25, -0.2) is 0 Å². The second-order valence-electron chi connectivity index (χ2n) is 5.54. The van der Waals surface area contributed by atoms with Crippen LogP contribution in [0.1, 0.15) is 16.7 Å². The number of hydrogen-bond donors (Lipinski definition) is 1. The van der Waals surface area contributed by atoms with Crippen LogP contribution in [0.25, 0.3) is 0 Å². The second kappa shape index (κ2) is 6.44. The molecule has 0 saturated carbocycles. The molecule has 1 atom stereocenters. The predicted octanol–water partition coefficient (Wildman–Crippen LogP) is 4.49. The van der Waals surface area contributed by atoms with Crippen molar-refractivity contribution in [2.75, 3.05) is 4.90 Å². The molecule has 2 nitrogen and oxygen atoms in total. The normalized spacial score (nSPS) is 16.8. The number of hydrogen-bond acceptors (Lipinski definition) is 2. The van der Waals surface area contributed by atoms with Gasteiger partial charge in [-0.3, -0.25) is 0 Å². The second-order valence-corrected chi connectivity index (χ2v) is 5.54. The third-order valence-electron chi connectivity index (χ3n) is 3.97. The first-order chi connectivity index (χ1) is 10.8. The first-order valence-corrected chi connectivity index (χ1v) is 7.56. The van der Waals surface area contributed by atoms with Gasteiger partial charge in [0.25, 0.3) is 0 Å². The highest BCUT2D eigenvalue weighted by molar-refractivity contribution is 5.76. The highest BCUT2D eigenvalue weighted by atomic mass is 15.1. The topological polar surface area (TPSA) is 27.1 Å². The maximum atomic E-state index is 7.69. The Balaban J connectivity index is 2.02. The smallest absolute Gasteiger partial charge is 0.0867 e. The van der Waals surface area contributed by atoms with Crippen molar-refractivity contribution < 1.29 is 0 Å². The molecule has 1 aliphatic heterocycles. The zero-order chi connectivity index (χ0) is 15.4. The van der Waals surface area contributed by atoms with Crippen molar-refractivity contribution in [3.8, 4) is 0 Å². The third kappa shape index (κ3) is 2.86. The summed E-state index contributed by atoms with van der Waals surface area (Å²) in [5.41, 5.74) is 5.04. The molecule has 0 saturated heterocycles. The van der Waals surface area contributed by atoms with Crippen molar-refractivity contribution >= 4 is 11.9 Å². The molecule has 2 aromatic carbocycles.